The van der Waals surface area contributed by atoms with E-state index in [4.69, 9.17) is 5.11 Å². The van der Waals surface area contributed by atoms with Crippen LogP contribution >= 0.6 is 0 Å². The highest BCUT2D eigenvalue weighted by molar-refractivity contribution is 5.95. The number of rotatable bonds is 6. The highest BCUT2D eigenvalue weighted by Crippen LogP contribution is 2.13. The lowest BCUT2D eigenvalue weighted by Gasteiger charge is -2.16. The molecule has 0 heterocycles. The summed E-state index contributed by atoms with van der Waals surface area (Å²) >= 11 is 0. The molecule has 1 aromatic rings. The zero-order valence-corrected chi connectivity index (χ0v) is 12.4. The lowest BCUT2D eigenvalue weighted by atomic mass is 10.0. The van der Waals surface area contributed by atoms with E-state index in [1.807, 2.05) is 20.8 Å². The van der Waals surface area contributed by atoms with Crippen molar-refractivity contribution in [3.63, 3.8) is 0 Å². The number of nitrogens with one attached hydrogen (secondary N) is 1. The number of amides is 1. The van der Waals surface area contributed by atoms with Gasteiger partial charge in [0.05, 0.1) is 5.56 Å². The van der Waals surface area contributed by atoms with Crippen LogP contribution in [-0.4, -0.2) is 23.0 Å². The van der Waals surface area contributed by atoms with Crippen LogP contribution in [0.1, 0.15) is 43.1 Å². The van der Waals surface area contributed by atoms with Crippen molar-refractivity contribution in [1.82, 2.24) is 5.32 Å². The molecule has 114 valence electrons. The van der Waals surface area contributed by atoms with E-state index in [9.17, 15) is 14.0 Å². The summed E-state index contributed by atoms with van der Waals surface area (Å²) in [5.74, 6) is -1.81. The molecule has 1 atom stereocenters. The molecule has 5 heteroatoms. The third-order valence-corrected chi connectivity index (χ3v) is 2.86. The lowest BCUT2D eigenvalue weighted by molar-refractivity contribution is -0.131. The van der Waals surface area contributed by atoms with Crippen molar-refractivity contribution in [3.05, 3.63) is 41.2 Å². The molecule has 0 saturated heterocycles. The van der Waals surface area contributed by atoms with Crippen LogP contribution in [0.15, 0.2) is 24.3 Å². The minimum atomic E-state index is -1.11. The molecule has 0 aliphatic rings. The van der Waals surface area contributed by atoms with Gasteiger partial charge in [0, 0.05) is 12.1 Å². The molecule has 4 nitrogen and oxygen atoms in total. The zero-order chi connectivity index (χ0) is 16.0. The van der Waals surface area contributed by atoms with Crippen LogP contribution in [-0.2, 0) is 4.79 Å². The average molecular weight is 293 g/mol. The van der Waals surface area contributed by atoms with E-state index in [1.165, 1.54) is 18.2 Å². The first kappa shape index (κ1) is 16.9. The second-order valence-corrected chi connectivity index (χ2v) is 5.41. The third kappa shape index (κ3) is 5.77. The lowest BCUT2D eigenvalue weighted by Crippen LogP contribution is -2.34. The Morgan fingerprint density at radius 2 is 2.00 bits per heavy atom. The van der Waals surface area contributed by atoms with Crippen LogP contribution in [0.3, 0.4) is 0 Å². The second kappa shape index (κ2) is 7.57. The van der Waals surface area contributed by atoms with Crippen LogP contribution in [0.25, 0.3) is 6.08 Å². The van der Waals surface area contributed by atoms with Gasteiger partial charge in [0.1, 0.15) is 5.82 Å². The Kier molecular flexibility index (Phi) is 6.09. The SMILES string of the molecule is CC(C)CC(C)NC(=O)c1ccc(C=CC(=O)O)cc1F. The van der Waals surface area contributed by atoms with Crippen molar-refractivity contribution in [1.29, 1.82) is 0 Å². The molecule has 1 amide bonds. The molecule has 0 aliphatic carbocycles. The molecule has 21 heavy (non-hydrogen) atoms. The van der Waals surface area contributed by atoms with Gasteiger partial charge in [0.15, 0.2) is 0 Å². The van der Waals surface area contributed by atoms with Gasteiger partial charge in [-0.1, -0.05) is 19.9 Å². The Morgan fingerprint density at radius 3 is 2.52 bits per heavy atom. The van der Waals surface area contributed by atoms with Crippen molar-refractivity contribution in [3.8, 4) is 0 Å². The fraction of sp³-hybridized carbons (Fsp3) is 0.375. The van der Waals surface area contributed by atoms with Gasteiger partial charge in [-0.2, -0.15) is 0 Å². The number of aliphatic carboxylic acids is 1. The molecule has 0 aromatic heterocycles. The van der Waals surface area contributed by atoms with E-state index in [1.54, 1.807) is 0 Å². The highest BCUT2D eigenvalue weighted by atomic mass is 19.1. The minimum absolute atomic E-state index is 0.0384. The Hall–Kier alpha value is -2.17. The summed E-state index contributed by atoms with van der Waals surface area (Å²) in [6.07, 6.45) is 3.00. The van der Waals surface area contributed by atoms with E-state index >= 15 is 0 Å². The van der Waals surface area contributed by atoms with Crippen molar-refractivity contribution < 1.29 is 19.1 Å². The Morgan fingerprint density at radius 1 is 1.33 bits per heavy atom. The smallest absolute Gasteiger partial charge is 0.328 e. The first-order valence-corrected chi connectivity index (χ1v) is 6.81. The largest absolute Gasteiger partial charge is 0.478 e. The Balaban J connectivity index is 2.80. The maximum atomic E-state index is 13.9. The molecular formula is C16H20FNO3. The molecule has 0 radical (unpaired) electrons. The van der Waals surface area contributed by atoms with Crippen molar-refractivity contribution in [2.24, 2.45) is 5.92 Å². The third-order valence-electron chi connectivity index (χ3n) is 2.86. The van der Waals surface area contributed by atoms with Crippen LogP contribution in [0.2, 0.25) is 0 Å². The number of hydrogen-bond acceptors (Lipinski definition) is 2. The summed E-state index contributed by atoms with van der Waals surface area (Å²) in [4.78, 5) is 22.4. The molecule has 0 aliphatic heterocycles. The molecule has 1 aromatic carbocycles. The Labute approximate surface area is 123 Å². The van der Waals surface area contributed by atoms with E-state index in [0.717, 1.165) is 18.6 Å². The summed E-state index contributed by atoms with van der Waals surface area (Å²) in [5.41, 5.74) is 0.347. The average Bonchev–Trinajstić information content (AvgIpc) is 2.34. The molecule has 0 bridgehead atoms. The molecule has 0 saturated carbocycles. The number of halogens is 1. The van der Waals surface area contributed by atoms with Gasteiger partial charge in [0.25, 0.3) is 5.91 Å². The number of carboxylic acids is 1. The predicted molar refractivity (Wildman–Crippen MR) is 79.5 cm³/mol. The fourth-order valence-electron chi connectivity index (χ4n) is 2.05. The maximum absolute atomic E-state index is 13.9. The molecule has 2 N–H and O–H groups in total. The van der Waals surface area contributed by atoms with Gasteiger partial charge in [-0.3, -0.25) is 4.79 Å². The molecule has 1 unspecified atom stereocenters. The Bertz CT molecular complexity index is 552. The van der Waals surface area contributed by atoms with Gasteiger partial charge in [-0.15, -0.1) is 0 Å². The van der Waals surface area contributed by atoms with Gasteiger partial charge in [-0.05, 0) is 43.0 Å². The van der Waals surface area contributed by atoms with Crippen molar-refractivity contribution >= 4 is 18.0 Å². The molecule has 1 rings (SSSR count). The van der Waals surface area contributed by atoms with Gasteiger partial charge < -0.3 is 10.4 Å². The van der Waals surface area contributed by atoms with E-state index in [2.05, 4.69) is 5.32 Å². The fourth-order valence-corrected chi connectivity index (χ4v) is 2.05. The highest BCUT2D eigenvalue weighted by Gasteiger charge is 2.15. The van der Waals surface area contributed by atoms with Crippen LogP contribution < -0.4 is 5.32 Å². The molecule has 0 spiro atoms. The zero-order valence-electron chi connectivity index (χ0n) is 12.4. The normalized spacial score (nSPS) is 12.6. The van der Waals surface area contributed by atoms with Crippen LogP contribution in [0.4, 0.5) is 4.39 Å². The molecule has 0 fully saturated rings. The number of carboxylic acid groups (broad SMARTS) is 1. The monoisotopic (exact) mass is 293 g/mol. The predicted octanol–water partition coefficient (Wildman–Crippen LogP) is 3.09. The van der Waals surface area contributed by atoms with E-state index in [-0.39, 0.29) is 11.6 Å². The van der Waals surface area contributed by atoms with Gasteiger partial charge >= 0.3 is 5.97 Å². The van der Waals surface area contributed by atoms with Crippen LogP contribution in [0.5, 0.6) is 0 Å². The quantitative estimate of drug-likeness (QED) is 0.792. The maximum Gasteiger partial charge on any atom is 0.328 e. The summed E-state index contributed by atoms with van der Waals surface area (Å²) < 4.78 is 13.9. The number of benzene rings is 1. The second-order valence-electron chi connectivity index (χ2n) is 5.41. The van der Waals surface area contributed by atoms with Crippen molar-refractivity contribution in [2.45, 2.75) is 33.2 Å². The van der Waals surface area contributed by atoms with Gasteiger partial charge in [0.2, 0.25) is 0 Å². The first-order valence-electron chi connectivity index (χ1n) is 6.81. The summed E-state index contributed by atoms with van der Waals surface area (Å²) in [5, 5.41) is 11.3. The number of carbonyl (C=O) groups is 2. The van der Waals surface area contributed by atoms with Gasteiger partial charge in [-0.25, -0.2) is 9.18 Å². The topological polar surface area (TPSA) is 66.4 Å². The summed E-state index contributed by atoms with van der Waals surface area (Å²) in [6, 6.07) is 3.96. The van der Waals surface area contributed by atoms with Crippen LogP contribution in [0, 0.1) is 11.7 Å². The van der Waals surface area contributed by atoms with E-state index in [0.29, 0.717) is 11.5 Å². The summed E-state index contributed by atoms with van der Waals surface area (Å²) in [6.45, 7) is 5.97. The molecular weight excluding hydrogens is 273 g/mol. The number of carbonyl (C=O) groups excluding carboxylic acids is 1. The van der Waals surface area contributed by atoms with Crippen molar-refractivity contribution in [2.75, 3.05) is 0 Å². The minimum Gasteiger partial charge on any atom is -0.478 e. The standard InChI is InChI=1S/C16H20FNO3/c1-10(2)8-11(3)18-16(21)13-6-4-12(9-14(13)17)5-7-15(19)20/h4-7,9-11H,8H2,1-3H3,(H,18,21)(H,19,20). The first-order chi connectivity index (χ1) is 9.79. The van der Waals surface area contributed by atoms with E-state index < -0.39 is 17.7 Å². The number of hydrogen-bond donors (Lipinski definition) is 2. The summed E-state index contributed by atoms with van der Waals surface area (Å²) in [7, 11) is 0.